The highest BCUT2D eigenvalue weighted by Crippen LogP contribution is 2.50. The average Bonchev–Trinajstić information content (AvgIpc) is 3.13. The summed E-state index contributed by atoms with van der Waals surface area (Å²) in [6.45, 7) is 0.0122. The van der Waals surface area contributed by atoms with Crippen molar-refractivity contribution in [3.63, 3.8) is 0 Å². The molecule has 4 rings (SSSR count). The summed E-state index contributed by atoms with van der Waals surface area (Å²) in [5.74, 6) is -0.479. The Bertz CT molecular complexity index is 1320. The van der Waals surface area contributed by atoms with Crippen molar-refractivity contribution >= 4 is 27.6 Å². The van der Waals surface area contributed by atoms with Gasteiger partial charge in [-0.05, 0) is 34.9 Å². The number of hydrogen-bond acceptors (Lipinski definition) is 8. The number of carbonyl (C=O) groups is 1. The van der Waals surface area contributed by atoms with Crippen molar-refractivity contribution in [2.45, 2.75) is 17.6 Å². The molecule has 2 atom stereocenters. The molecular formula is C26H29N3O6S. The van der Waals surface area contributed by atoms with Crippen LogP contribution >= 0.6 is 0 Å². The third-order valence-corrected chi connectivity index (χ3v) is 7.62. The van der Waals surface area contributed by atoms with E-state index in [9.17, 15) is 13.2 Å². The second-order valence-electron chi connectivity index (χ2n) is 8.59. The molecule has 2 unspecified atom stereocenters. The van der Waals surface area contributed by atoms with Crippen molar-refractivity contribution in [2.24, 2.45) is 10.7 Å². The molecule has 0 bridgehead atoms. The minimum absolute atomic E-state index is 0.0122. The lowest BCUT2D eigenvalue weighted by atomic mass is 9.68. The Hall–Kier alpha value is -3.47. The van der Waals surface area contributed by atoms with Gasteiger partial charge in [-0.2, -0.15) is 8.42 Å². The molecule has 1 aliphatic heterocycles. The van der Waals surface area contributed by atoms with Crippen LogP contribution in [0.5, 0.6) is 5.75 Å². The largest absolute Gasteiger partial charge is 0.383 e. The number of likely N-dealkylation sites (N-methyl/N-ethyl adjacent to an activating group) is 1. The molecule has 2 aromatic carbocycles. The first-order chi connectivity index (χ1) is 17.2. The predicted molar refractivity (Wildman–Crippen MR) is 137 cm³/mol. The summed E-state index contributed by atoms with van der Waals surface area (Å²) in [6, 6.07) is 16.0. The lowest BCUT2D eigenvalue weighted by molar-refractivity contribution is -0.140. The zero-order valence-electron chi connectivity index (χ0n) is 20.4. The molecule has 190 valence electrons. The number of benzene rings is 2. The van der Waals surface area contributed by atoms with Gasteiger partial charge in [-0.15, -0.1) is 0 Å². The molecule has 0 saturated carbocycles. The van der Waals surface area contributed by atoms with Crippen LogP contribution < -0.4 is 9.92 Å². The third-order valence-electron chi connectivity index (χ3n) is 6.51. The maximum atomic E-state index is 13.8. The molecule has 1 heterocycles. The zero-order chi connectivity index (χ0) is 26.0. The lowest BCUT2D eigenvalue weighted by Crippen LogP contribution is -2.57. The molecule has 9 nitrogen and oxygen atoms in total. The Labute approximate surface area is 211 Å². The molecular weight excluding hydrogens is 482 g/mol. The van der Waals surface area contributed by atoms with Crippen molar-refractivity contribution in [1.82, 2.24) is 4.90 Å². The third kappa shape index (κ3) is 4.43. The summed E-state index contributed by atoms with van der Waals surface area (Å²) in [5.41, 5.74) is 5.87. The van der Waals surface area contributed by atoms with Gasteiger partial charge in [-0.25, -0.2) is 4.99 Å². The van der Waals surface area contributed by atoms with Crippen LogP contribution in [0.25, 0.3) is 5.57 Å². The van der Waals surface area contributed by atoms with Gasteiger partial charge in [0.25, 0.3) is 5.91 Å². The SMILES string of the molecule is COCCS(=O)(=O)Oc1ccc(C2(C3(OC)C=CC=C(c4ccccc4)C3)N=C(N)N(C)C2=O)cc1. The highest BCUT2D eigenvalue weighted by Gasteiger charge is 2.62. The number of aliphatic imine (C=N–C) groups is 1. The number of methoxy groups -OCH3 is 2. The summed E-state index contributed by atoms with van der Waals surface area (Å²) in [4.78, 5) is 19.8. The highest BCUT2D eigenvalue weighted by atomic mass is 32.2. The minimum atomic E-state index is -3.84. The van der Waals surface area contributed by atoms with Crippen LogP contribution in [-0.4, -0.2) is 64.4 Å². The minimum Gasteiger partial charge on any atom is -0.383 e. The fourth-order valence-corrected chi connectivity index (χ4v) is 5.44. The number of guanidine groups is 1. The highest BCUT2D eigenvalue weighted by molar-refractivity contribution is 7.87. The van der Waals surface area contributed by atoms with E-state index in [1.807, 2.05) is 48.6 Å². The van der Waals surface area contributed by atoms with E-state index in [0.717, 1.165) is 11.1 Å². The molecule has 1 amide bonds. The molecule has 0 aromatic heterocycles. The van der Waals surface area contributed by atoms with Crippen LogP contribution in [0.15, 0.2) is 77.8 Å². The second-order valence-corrected chi connectivity index (χ2v) is 10.3. The van der Waals surface area contributed by atoms with Gasteiger partial charge in [0.1, 0.15) is 17.1 Å². The molecule has 2 aromatic rings. The number of ether oxygens (including phenoxy) is 2. The van der Waals surface area contributed by atoms with Crippen LogP contribution in [0, 0.1) is 0 Å². The Balaban J connectivity index is 1.77. The van der Waals surface area contributed by atoms with Gasteiger partial charge in [0, 0.05) is 27.7 Å². The van der Waals surface area contributed by atoms with Crippen LogP contribution in [-0.2, 0) is 29.9 Å². The Morgan fingerprint density at radius 2 is 1.78 bits per heavy atom. The first kappa shape index (κ1) is 25.6. The topological polar surface area (TPSA) is 121 Å². The van der Waals surface area contributed by atoms with E-state index in [2.05, 4.69) is 4.99 Å². The summed E-state index contributed by atoms with van der Waals surface area (Å²) < 4.78 is 40.5. The predicted octanol–water partition coefficient (Wildman–Crippen LogP) is 2.45. The first-order valence-electron chi connectivity index (χ1n) is 11.3. The maximum absolute atomic E-state index is 13.8. The second kappa shape index (κ2) is 9.88. The van der Waals surface area contributed by atoms with E-state index in [1.54, 1.807) is 19.2 Å². The number of nitrogens with zero attached hydrogens (tertiary/aromatic N) is 2. The summed E-state index contributed by atoms with van der Waals surface area (Å²) in [6.07, 6.45) is 6.02. The molecule has 36 heavy (non-hydrogen) atoms. The van der Waals surface area contributed by atoms with Crippen LogP contribution in [0.4, 0.5) is 0 Å². The zero-order valence-corrected chi connectivity index (χ0v) is 21.2. The number of nitrogens with two attached hydrogens (primary N) is 1. The van der Waals surface area contributed by atoms with Crippen molar-refractivity contribution < 1.29 is 26.9 Å². The van der Waals surface area contributed by atoms with Crippen molar-refractivity contribution in [3.8, 4) is 5.75 Å². The van der Waals surface area contributed by atoms with E-state index in [4.69, 9.17) is 19.4 Å². The number of hydrogen-bond donors (Lipinski definition) is 1. The molecule has 1 aliphatic carbocycles. The Kier molecular flexibility index (Phi) is 7.03. The molecule has 2 aliphatic rings. The molecule has 0 fully saturated rings. The van der Waals surface area contributed by atoms with Gasteiger partial charge in [0.15, 0.2) is 5.96 Å². The van der Waals surface area contributed by atoms with Crippen molar-refractivity contribution in [1.29, 1.82) is 0 Å². The van der Waals surface area contributed by atoms with E-state index in [-0.39, 0.29) is 30.0 Å². The van der Waals surface area contributed by atoms with E-state index in [0.29, 0.717) is 12.0 Å². The van der Waals surface area contributed by atoms with E-state index >= 15 is 0 Å². The summed E-state index contributed by atoms with van der Waals surface area (Å²) >= 11 is 0. The van der Waals surface area contributed by atoms with E-state index < -0.39 is 21.3 Å². The van der Waals surface area contributed by atoms with Gasteiger partial charge < -0.3 is 19.4 Å². The summed E-state index contributed by atoms with van der Waals surface area (Å²) in [7, 11) is 0.675. The summed E-state index contributed by atoms with van der Waals surface area (Å²) in [5, 5.41) is 0. The fraction of sp³-hybridized carbons (Fsp3) is 0.308. The fourth-order valence-electron chi connectivity index (χ4n) is 4.58. The standard InChI is InChI=1S/C26H29N3O6S/c1-29-23(30)26(28-24(29)27,21-11-13-22(14-12-21)35-36(31,32)17-16-33-2)25(34-3)15-7-10-20(18-25)19-8-5-4-6-9-19/h4-15H,16-18H2,1-3H3,(H2,27,28). The number of carbonyl (C=O) groups excluding carboxylic acids is 1. The maximum Gasteiger partial charge on any atom is 0.311 e. The van der Waals surface area contributed by atoms with Crippen LogP contribution in [0.1, 0.15) is 17.5 Å². The Morgan fingerprint density at radius 3 is 2.36 bits per heavy atom. The van der Waals surface area contributed by atoms with Gasteiger partial charge >= 0.3 is 10.1 Å². The van der Waals surface area contributed by atoms with E-state index in [1.165, 1.54) is 31.3 Å². The smallest absolute Gasteiger partial charge is 0.311 e. The Morgan fingerprint density at radius 1 is 1.08 bits per heavy atom. The van der Waals surface area contributed by atoms with Gasteiger partial charge in [0.05, 0.1) is 6.61 Å². The normalized spacial score (nSPS) is 24.0. The van der Waals surface area contributed by atoms with Gasteiger partial charge in [-0.3, -0.25) is 9.69 Å². The molecule has 10 heteroatoms. The van der Waals surface area contributed by atoms with Crippen molar-refractivity contribution in [3.05, 3.63) is 84.0 Å². The molecule has 2 N–H and O–H groups in total. The molecule has 0 radical (unpaired) electrons. The number of allylic oxidation sites excluding steroid dienone is 2. The number of amides is 1. The average molecular weight is 512 g/mol. The quantitative estimate of drug-likeness (QED) is 0.514. The van der Waals surface area contributed by atoms with Crippen LogP contribution in [0.3, 0.4) is 0 Å². The monoisotopic (exact) mass is 511 g/mol. The molecule has 0 saturated heterocycles. The first-order valence-corrected chi connectivity index (χ1v) is 12.9. The van der Waals surface area contributed by atoms with Gasteiger partial charge in [0.2, 0.25) is 5.54 Å². The lowest BCUT2D eigenvalue weighted by Gasteiger charge is -2.44. The van der Waals surface area contributed by atoms with Crippen LogP contribution in [0.2, 0.25) is 0 Å². The molecule has 0 spiro atoms. The van der Waals surface area contributed by atoms with Crippen molar-refractivity contribution in [2.75, 3.05) is 33.6 Å². The van der Waals surface area contributed by atoms with Gasteiger partial charge in [-0.1, -0.05) is 54.6 Å². The number of rotatable bonds is 9.